The highest BCUT2D eigenvalue weighted by Crippen LogP contribution is 2.59. The van der Waals surface area contributed by atoms with Gasteiger partial charge in [-0.2, -0.15) is 0 Å². The van der Waals surface area contributed by atoms with Crippen LogP contribution in [0.4, 0.5) is 4.79 Å². The van der Waals surface area contributed by atoms with Crippen molar-refractivity contribution in [2.24, 2.45) is 23.7 Å². The second kappa shape index (κ2) is 8.75. The van der Waals surface area contributed by atoms with Crippen molar-refractivity contribution in [3.63, 3.8) is 0 Å². The predicted molar refractivity (Wildman–Crippen MR) is 128 cm³/mol. The Bertz CT molecular complexity index is 806. The zero-order valence-corrected chi connectivity index (χ0v) is 21.2. The van der Waals surface area contributed by atoms with Crippen molar-refractivity contribution in [2.45, 2.75) is 76.3 Å². The van der Waals surface area contributed by atoms with E-state index in [2.05, 4.69) is 31.7 Å². The van der Waals surface area contributed by atoms with Gasteiger partial charge in [0.2, 0.25) is 0 Å². The number of hydrogen-bond donors (Lipinski definition) is 0. The van der Waals surface area contributed by atoms with Gasteiger partial charge < -0.3 is 28.7 Å². The molecule has 5 saturated heterocycles. The summed E-state index contributed by atoms with van der Waals surface area (Å²) in [6, 6.07) is 0. The monoisotopic (exact) mass is 474 g/mol. The summed E-state index contributed by atoms with van der Waals surface area (Å²) in [6.45, 7) is 14.4. The molecule has 6 aliphatic rings. The van der Waals surface area contributed by atoms with E-state index in [1.807, 2.05) is 4.90 Å². The van der Waals surface area contributed by atoms with Crippen LogP contribution in [0, 0.1) is 23.7 Å². The van der Waals surface area contributed by atoms with Crippen LogP contribution in [0.15, 0.2) is 11.6 Å². The fraction of sp³-hybridized carbons (Fsp3) is 0.889. The quantitative estimate of drug-likeness (QED) is 0.416. The number of rotatable bonds is 7. The van der Waals surface area contributed by atoms with Crippen molar-refractivity contribution in [3.05, 3.63) is 11.6 Å². The molecule has 0 bridgehead atoms. The second-order valence-electron chi connectivity index (χ2n) is 12.4. The molecule has 5 aliphatic heterocycles. The van der Waals surface area contributed by atoms with Gasteiger partial charge in [0.05, 0.1) is 37.1 Å². The molecule has 7 atom stereocenters. The van der Waals surface area contributed by atoms with Crippen LogP contribution in [0.3, 0.4) is 0 Å². The number of nitrogens with zero attached hydrogens (tertiary/aromatic N) is 2. The third kappa shape index (κ3) is 4.42. The molecule has 0 aromatic heterocycles. The number of hydrogen-bond acceptors (Lipinski definition) is 6. The molecule has 1 saturated carbocycles. The Balaban J connectivity index is 0.944. The third-order valence-corrected chi connectivity index (χ3v) is 9.60. The number of ether oxygens (including phenoxy) is 4. The molecule has 0 aromatic carbocycles. The minimum atomic E-state index is -0.157. The van der Waals surface area contributed by atoms with Crippen molar-refractivity contribution in [2.75, 3.05) is 52.5 Å². The van der Waals surface area contributed by atoms with Crippen LogP contribution < -0.4 is 0 Å². The summed E-state index contributed by atoms with van der Waals surface area (Å²) in [6.07, 6.45) is 7.22. The molecule has 6 rings (SSSR count). The first-order valence-corrected chi connectivity index (χ1v) is 13.6. The van der Waals surface area contributed by atoms with E-state index in [4.69, 9.17) is 18.9 Å². The molecule has 34 heavy (non-hydrogen) atoms. The maximum atomic E-state index is 12.8. The molecule has 0 aromatic rings. The molecular formula is C27H42N2O5. The summed E-state index contributed by atoms with van der Waals surface area (Å²) in [5, 5.41) is 0. The van der Waals surface area contributed by atoms with E-state index in [0.717, 1.165) is 77.0 Å². The number of fused-ring (bicyclic) bond motifs is 1. The van der Waals surface area contributed by atoms with Gasteiger partial charge >= 0.3 is 6.09 Å². The summed E-state index contributed by atoms with van der Waals surface area (Å²) >= 11 is 0. The fourth-order valence-electron chi connectivity index (χ4n) is 7.13. The van der Waals surface area contributed by atoms with Crippen molar-refractivity contribution < 1.29 is 23.7 Å². The van der Waals surface area contributed by atoms with Crippen LogP contribution in [0.1, 0.15) is 52.9 Å². The van der Waals surface area contributed by atoms with E-state index in [0.29, 0.717) is 11.8 Å². The molecule has 1 amide bonds. The Morgan fingerprint density at radius 1 is 1.15 bits per heavy atom. The van der Waals surface area contributed by atoms with Gasteiger partial charge in [0.25, 0.3) is 0 Å². The highest BCUT2D eigenvalue weighted by atomic mass is 16.6. The predicted octanol–water partition coefficient (Wildman–Crippen LogP) is 3.47. The lowest BCUT2D eigenvalue weighted by Crippen LogP contribution is -2.52. The van der Waals surface area contributed by atoms with Crippen molar-refractivity contribution in [1.82, 2.24) is 9.80 Å². The number of epoxide rings is 2. The summed E-state index contributed by atoms with van der Waals surface area (Å²) in [7, 11) is 0. The summed E-state index contributed by atoms with van der Waals surface area (Å²) in [5.74, 6) is 2.41. The molecule has 6 fully saturated rings. The maximum absolute atomic E-state index is 12.8. The minimum Gasteiger partial charge on any atom is -0.446 e. The molecule has 190 valence electrons. The molecular weight excluding hydrogens is 432 g/mol. The Hall–Kier alpha value is -1.15. The zero-order chi connectivity index (χ0) is 23.5. The molecule has 7 heteroatoms. The van der Waals surface area contributed by atoms with Gasteiger partial charge in [-0.3, -0.25) is 0 Å². The SMILES string of the molecule is CC(C)=CC[C@H]1O[C@]1(C)[C@H]1C[C@H](OC(=O)N2CC(CCN3C[C@H]4COC[C@H]4C3)C2)CC[C@]12CO2. The van der Waals surface area contributed by atoms with Crippen LogP contribution in [0.5, 0.6) is 0 Å². The standard InChI is InChI=1S/C27H42N2O5/c1-18(2)4-5-24-26(3,34-24)23-10-22(6-8-27(23)17-32-27)33-25(30)29-11-19(12-29)7-9-28-13-20-15-31-16-21(20)14-28/h4,19-24H,5-17H2,1-3H3/t20-,21+,22-,23-,24-,26-,27+/m1/s1. The summed E-state index contributed by atoms with van der Waals surface area (Å²) in [4.78, 5) is 17.3. The van der Waals surface area contributed by atoms with Gasteiger partial charge in [-0.15, -0.1) is 0 Å². The molecule has 0 N–H and O–H groups in total. The maximum Gasteiger partial charge on any atom is 0.410 e. The topological polar surface area (TPSA) is 67.1 Å². The average Bonchev–Trinajstić information content (AvgIpc) is 3.55. The Labute approximate surface area is 204 Å². The largest absolute Gasteiger partial charge is 0.446 e. The van der Waals surface area contributed by atoms with Gasteiger partial charge in [-0.1, -0.05) is 11.6 Å². The Morgan fingerprint density at radius 3 is 2.56 bits per heavy atom. The highest BCUT2D eigenvalue weighted by molar-refractivity contribution is 5.68. The van der Waals surface area contributed by atoms with Gasteiger partial charge in [0.1, 0.15) is 6.10 Å². The van der Waals surface area contributed by atoms with Crippen molar-refractivity contribution in [3.8, 4) is 0 Å². The van der Waals surface area contributed by atoms with Crippen LogP contribution >= 0.6 is 0 Å². The Morgan fingerprint density at radius 2 is 1.88 bits per heavy atom. The lowest BCUT2D eigenvalue weighted by atomic mass is 9.70. The molecule has 1 aliphatic carbocycles. The van der Waals surface area contributed by atoms with Crippen LogP contribution in [-0.2, 0) is 18.9 Å². The smallest absolute Gasteiger partial charge is 0.410 e. The van der Waals surface area contributed by atoms with E-state index in [1.165, 1.54) is 25.1 Å². The number of amides is 1. The van der Waals surface area contributed by atoms with Crippen molar-refractivity contribution >= 4 is 6.09 Å². The number of allylic oxidation sites excluding steroid dienone is 1. The van der Waals surface area contributed by atoms with Gasteiger partial charge in [0, 0.05) is 43.9 Å². The number of carbonyl (C=O) groups excluding carboxylic acids is 1. The van der Waals surface area contributed by atoms with E-state index in [1.54, 1.807) is 0 Å². The zero-order valence-electron chi connectivity index (χ0n) is 21.2. The lowest BCUT2D eigenvalue weighted by molar-refractivity contribution is -0.0232. The molecule has 0 unspecified atom stereocenters. The van der Waals surface area contributed by atoms with Crippen molar-refractivity contribution in [1.29, 1.82) is 0 Å². The number of likely N-dealkylation sites (tertiary alicyclic amines) is 2. The Kier molecular flexibility index (Phi) is 5.99. The third-order valence-electron chi connectivity index (χ3n) is 9.60. The highest BCUT2D eigenvalue weighted by Gasteiger charge is 2.68. The first-order chi connectivity index (χ1) is 16.3. The lowest BCUT2D eigenvalue weighted by Gasteiger charge is -2.41. The first kappa shape index (κ1) is 23.3. The van der Waals surface area contributed by atoms with E-state index >= 15 is 0 Å². The van der Waals surface area contributed by atoms with Gasteiger partial charge in [-0.05, 0) is 65.3 Å². The van der Waals surface area contributed by atoms with Gasteiger partial charge in [-0.25, -0.2) is 4.79 Å². The van der Waals surface area contributed by atoms with Crippen LogP contribution in [0.2, 0.25) is 0 Å². The minimum absolute atomic E-state index is 0.0252. The number of carbonyl (C=O) groups is 1. The van der Waals surface area contributed by atoms with Crippen LogP contribution in [-0.4, -0.2) is 91.8 Å². The fourth-order valence-corrected chi connectivity index (χ4v) is 7.13. The normalized spacial score (nSPS) is 43.5. The molecule has 7 nitrogen and oxygen atoms in total. The van der Waals surface area contributed by atoms with E-state index in [9.17, 15) is 4.79 Å². The van der Waals surface area contributed by atoms with Gasteiger partial charge in [0.15, 0.2) is 0 Å². The van der Waals surface area contributed by atoms with E-state index < -0.39 is 0 Å². The molecule has 5 heterocycles. The molecule has 0 radical (unpaired) electrons. The second-order valence-corrected chi connectivity index (χ2v) is 12.4. The molecule has 1 spiro atoms. The average molecular weight is 475 g/mol. The summed E-state index contributed by atoms with van der Waals surface area (Å²) in [5.41, 5.74) is 1.13. The first-order valence-electron chi connectivity index (χ1n) is 13.6. The summed E-state index contributed by atoms with van der Waals surface area (Å²) < 4.78 is 23.8. The van der Waals surface area contributed by atoms with Crippen LogP contribution in [0.25, 0.3) is 0 Å². The van der Waals surface area contributed by atoms with E-state index in [-0.39, 0.29) is 29.5 Å².